The summed E-state index contributed by atoms with van der Waals surface area (Å²) < 4.78 is 5.73. The highest BCUT2D eigenvalue weighted by Gasteiger charge is 2.14. The number of ether oxygens (including phenoxy) is 1. The monoisotopic (exact) mass is 273 g/mol. The van der Waals surface area contributed by atoms with E-state index in [9.17, 15) is 0 Å². The van der Waals surface area contributed by atoms with Crippen LogP contribution in [0.15, 0.2) is 18.3 Å². The molecule has 1 unspecified atom stereocenters. The third kappa shape index (κ3) is 3.38. The van der Waals surface area contributed by atoms with E-state index in [4.69, 9.17) is 4.74 Å². The predicted octanol–water partition coefficient (Wildman–Crippen LogP) is 3.56. The van der Waals surface area contributed by atoms with Gasteiger partial charge in [0.25, 0.3) is 0 Å². The fraction of sp³-hybridized carbons (Fsp3) is 0.500. The zero-order valence-electron chi connectivity index (χ0n) is 12.7. The molecular weight excluding hydrogens is 250 g/mol. The van der Waals surface area contributed by atoms with Gasteiger partial charge < -0.3 is 4.74 Å². The van der Waals surface area contributed by atoms with Gasteiger partial charge in [0.1, 0.15) is 5.75 Å². The third-order valence-electron chi connectivity index (χ3n) is 3.51. The maximum absolute atomic E-state index is 5.73. The molecule has 1 atom stereocenters. The Kier molecular flexibility index (Phi) is 4.77. The number of H-pyrrole nitrogens is 1. The first-order chi connectivity index (χ1) is 9.61. The van der Waals surface area contributed by atoms with Crippen molar-refractivity contribution < 1.29 is 4.74 Å². The van der Waals surface area contributed by atoms with Crippen molar-refractivity contribution in [1.29, 1.82) is 0 Å². The maximum atomic E-state index is 5.73. The number of aromatic nitrogens is 3. The first-order valence-electron chi connectivity index (χ1n) is 7.20. The summed E-state index contributed by atoms with van der Waals surface area (Å²) in [6.07, 6.45) is 3.72. The molecule has 1 aromatic carbocycles. The van der Waals surface area contributed by atoms with E-state index in [1.165, 1.54) is 16.7 Å². The van der Waals surface area contributed by atoms with E-state index in [1.54, 1.807) is 6.20 Å². The molecule has 0 aliphatic rings. The highest BCUT2D eigenvalue weighted by molar-refractivity contribution is 5.43. The van der Waals surface area contributed by atoms with Gasteiger partial charge in [-0.3, -0.25) is 0 Å². The minimum Gasteiger partial charge on any atom is -0.494 e. The molecule has 0 amide bonds. The minimum atomic E-state index is 0.417. The molecule has 20 heavy (non-hydrogen) atoms. The molecule has 2 rings (SSSR count). The van der Waals surface area contributed by atoms with Crippen LogP contribution < -0.4 is 4.74 Å². The van der Waals surface area contributed by atoms with Crippen molar-refractivity contribution in [2.75, 3.05) is 6.61 Å². The SMILES string of the molecule is CCCOc1cc(C)c(C(C)Cc2cn[nH]n2)c(C)c1. The van der Waals surface area contributed by atoms with E-state index in [-0.39, 0.29) is 0 Å². The summed E-state index contributed by atoms with van der Waals surface area (Å²) in [5, 5.41) is 10.7. The number of aromatic amines is 1. The van der Waals surface area contributed by atoms with Gasteiger partial charge in [-0.25, -0.2) is 0 Å². The molecule has 0 saturated carbocycles. The van der Waals surface area contributed by atoms with Crippen LogP contribution >= 0.6 is 0 Å². The van der Waals surface area contributed by atoms with Crippen LogP contribution in [0, 0.1) is 13.8 Å². The van der Waals surface area contributed by atoms with Crippen molar-refractivity contribution >= 4 is 0 Å². The Bertz CT molecular complexity index is 526. The summed E-state index contributed by atoms with van der Waals surface area (Å²) in [5.74, 6) is 1.39. The van der Waals surface area contributed by atoms with Crippen molar-refractivity contribution in [2.24, 2.45) is 0 Å². The van der Waals surface area contributed by atoms with Crippen molar-refractivity contribution in [1.82, 2.24) is 15.4 Å². The maximum Gasteiger partial charge on any atom is 0.119 e. The van der Waals surface area contributed by atoms with Crippen LogP contribution in [0.25, 0.3) is 0 Å². The Morgan fingerprint density at radius 1 is 1.25 bits per heavy atom. The van der Waals surface area contributed by atoms with Gasteiger partial charge in [0.05, 0.1) is 18.5 Å². The molecule has 4 nitrogen and oxygen atoms in total. The second kappa shape index (κ2) is 6.55. The van der Waals surface area contributed by atoms with Crippen molar-refractivity contribution in [2.45, 2.75) is 46.5 Å². The fourth-order valence-corrected chi connectivity index (χ4v) is 2.75. The first kappa shape index (κ1) is 14.6. The summed E-state index contributed by atoms with van der Waals surface area (Å²) in [5.41, 5.74) is 4.96. The average Bonchev–Trinajstić information content (AvgIpc) is 2.88. The molecule has 0 radical (unpaired) electrons. The fourth-order valence-electron chi connectivity index (χ4n) is 2.75. The largest absolute Gasteiger partial charge is 0.494 e. The lowest BCUT2D eigenvalue weighted by Gasteiger charge is -2.18. The van der Waals surface area contributed by atoms with E-state index in [0.717, 1.165) is 30.9 Å². The van der Waals surface area contributed by atoms with Gasteiger partial charge in [-0.1, -0.05) is 13.8 Å². The zero-order valence-corrected chi connectivity index (χ0v) is 12.7. The lowest BCUT2D eigenvalue weighted by molar-refractivity contribution is 0.317. The molecule has 0 bridgehead atoms. The van der Waals surface area contributed by atoms with Gasteiger partial charge >= 0.3 is 0 Å². The smallest absolute Gasteiger partial charge is 0.119 e. The first-order valence-corrected chi connectivity index (χ1v) is 7.20. The van der Waals surface area contributed by atoms with Gasteiger partial charge in [0.2, 0.25) is 0 Å². The molecule has 1 N–H and O–H groups in total. The summed E-state index contributed by atoms with van der Waals surface area (Å²) in [6, 6.07) is 4.27. The number of nitrogens with zero attached hydrogens (tertiary/aromatic N) is 2. The Morgan fingerprint density at radius 2 is 1.95 bits per heavy atom. The van der Waals surface area contributed by atoms with Crippen molar-refractivity contribution in [3.8, 4) is 5.75 Å². The molecule has 0 fully saturated rings. The van der Waals surface area contributed by atoms with E-state index in [1.807, 2.05) is 0 Å². The predicted molar refractivity (Wildman–Crippen MR) is 80.2 cm³/mol. The Morgan fingerprint density at radius 3 is 2.50 bits per heavy atom. The van der Waals surface area contributed by atoms with Crippen molar-refractivity contribution in [3.05, 3.63) is 40.7 Å². The molecule has 2 aromatic rings. The van der Waals surface area contributed by atoms with Gasteiger partial charge in [-0.2, -0.15) is 15.4 Å². The summed E-state index contributed by atoms with van der Waals surface area (Å²) in [4.78, 5) is 0. The Labute approximate surface area is 120 Å². The third-order valence-corrected chi connectivity index (χ3v) is 3.51. The molecule has 0 aliphatic carbocycles. The van der Waals surface area contributed by atoms with Crippen LogP contribution in [0.1, 0.15) is 48.6 Å². The van der Waals surface area contributed by atoms with Crippen LogP contribution in [0.3, 0.4) is 0 Å². The molecule has 0 aliphatic heterocycles. The Balaban J connectivity index is 2.18. The summed E-state index contributed by atoms with van der Waals surface area (Å²) in [6.45, 7) is 9.43. The normalized spacial score (nSPS) is 12.4. The van der Waals surface area contributed by atoms with E-state index in [2.05, 4.69) is 55.2 Å². The number of hydrogen-bond donors (Lipinski definition) is 1. The van der Waals surface area contributed by atoms with Crippen LogP contribution in [-0.2, 0) is 6.42 Å². The Hall–Kier alpha value is -1.84. The minimum absolute atomic E-state index is 0.417. The van der Waals surface area contributed by atoms with E-state index in [0.29, 0.717) is 5.92 Å². The van der Waals surface area contributed by atoms with Crippen LogP contribution in [0.5, 0.6) is 5.75 Å². The molecule has 1 heterocycles. The highest BCUT2D eigenvalue weighted by atomic mass is 16.5. The van der Waals surface area contributed by atoms with Gasteiger partial charge in [0, 0.05) is 0 Å². The molecule has 1 aromatic heterocycles. The number of nitrogens with one attached hydrogen (secondary N) is 1. The number of hydrogen-bond acceptors (Lipinski definition) is 3. The van der Waals surface area contributed by atoms with Crippen molar-refractivity contribution in [3.63, 3.8) is 0 Å². The molecule has 0 spiro atoms. The number of benzene rings is 1. The topological polar surface area (TPSA) is 50.8 Å². The highest BCUT2D eigenvalue weighted by Crippen LogP contribution is 2.29. The van der Waals surface area contributed by atoms with Gasteiger partial charge in [0.15, 0.2) is 0 Å². The zero-order chi connectivity index (χ0) is 14.5. The lowest BCUT2D eigenvalue weighted by atomic mass is 9.89. The standard InChI is InChI=1S/C16H23N3O/c1-5-6-20-15-8-12(3)16(13(4)9-15)11(2)7-14-10-17-19-18-14/h8-11H,5-7H2,1-4H3,(H,17,18,19). The second-order valence-electron chi connectivity index (χ2n) is 5.39. The number of aryl methyl sites for hydroxylation is 2. The second-order valence-corrected chi connectivity index (χ2v) is 5.39. The molecule has 108 valence electrons. The van der Waals surface area contributed by atoms with E-state index < -0.39 is 0 Å². The van der Waals surface area contributed by atoms with E-state index >= 15 is 0 Å². The van der Waals surface area contributed by atoms with Crippen LogP contribution in [-0.4, -0.2) is 22.0 Å². The number of rotatable bonds is 6. The molecule has 4 heteroatoms. The summed E-state index contributed by atoms with van der Waals surface area (Å²) in [7, 11) is 0. The van der Waals surface area contributed by atoms with Crippen LogP contribution in [0.4, 0.5) is 0 Å². The summed E-state index contributed by atoms with van der Waals surface area (Å²) >= 11 is 0. The quantitative estimate of drug-likeness (QED) is 0.875. The average molecular weight is 273 g/mol. The molecular formula is C16H23N3O. The molecule has 0 saturated heterocycles. The van der Waals surface area contributed by atoms with Gasteiger partial charge in [-0.15, -0.1) is 0 Å². The van der Waals surface area contributed by atoms with Crippen LogP contribution in [0.2, 0.25) is 0 Å². The lowest BCUT2D eigenvalue weighted by Crippen LogP contribution is -2.05. The van der Waals surface area contributed by atoms with Gasteiger partial charge in [-0.05, 0) is 61.4 Å².